The van der Waals surface area contributed by atoms with Gasteiger partial charge in [-0.25, -0.2) is 4.79 Å². The van der Waals surface area contributed by atoms with E-state index in [0.29, 0.717) is 27.0 Å². The van der Waals surface area contributed by atoms with E-state index >= 15 is 0 Å². The van der Waals surface area contributed by atoms with Gasteiger partial charge in [0, 0.05) is 16.2 Å². The summed E-state index contributed by atoms with van der Waals surface area (Å²) in [6.07, 6.45) is 0. The molecule has 5 nitrogen and oxygen atoms in total. The number of carbonyl (C=O) groups is 1. The van der Waals surface area contributed by atoms with Crippen LogP contribution in [0.4, 0.5) is 0 Å². The lowest BCUT2D eigenvalue weighted by molar-refractivity contribution is 0.0694. The van der Waals surface area contributed by atoms with Crippen molar-refractivity contribution in [3.8, 4) is 11.8 Å². The zero-order valence-electron chi connectivity index (χ0n) is 11.3. The maximum atomic E-state index is 12.3. The summed E-state index contributed by atoms with van der Waals surface area (Å²) in [4.78, 5) is 23.6. The second kappa shape index (κ2) is 5.54. The molecule has 0 fully saturated rings. The van der Waals surface area contributed by atoms with Gasteiger partial charge in [-0.2, -0.15) is 5.26 Å². The van der Waals surface area contributed by atoms with Gasteiger partial charge in [-0.3, -0.25) is 9.36 Å². The molecule has 1 aromatic carbocycles. The van der Waals surface area contributed by atoms with Crippen molar-refractivity contribution >= 4 is 21.9 Å². The molecule has 1 aromatic heterocycles. The lowest BCUT2D eigenvalue weighted by Gasteiger charge is -2.15. The summed E-state index contributed by atoms with van der Waals surface area (Å²) in [6.45, 7) is 3.13. The number of rotatable bonds is 2. The number of hydrogen-bond donors (Lipinski definition) is 1. The molecule has 2 rings (SSSR count). The number of pyridine rings is 1. The van der Waals surface area contributed by atoms with Gasteiger partial charge in [0.15, 0.2) is 0 Å². The first-order valence-electron chi connectivity index (χ1n) is 6.03. The molecule has 0 amide bonds. The third-order valence-electron chi connectivity index (χ3n) is 3.19. The van der Waals surface area contributed by atoms with Crippen LogP contribution >= 0.6 is 15.9 Å². The molecule has 1 N–H and O–H groups in total. The van der Waals surface area contributed by atoms with Crippen LogP contribution in [0.15, 0.2) is 33.5 Å². The highest BCUT2D eigenvalue weighted by Crippen LogP contribution is 2.22. The fourth-order valence-corrected chi connectivity index (χ4v) is 2.64. The van der Waals surface area contributed by atoms with Crippen molar-refractivity contribution in [2.75, 3.05) is 0 Å². The Morgan fingerprint density at radius 1 is 1.33 bits per heavy atom. The normalized spacial score (nSPS) is 10.2. The van der Waals surface area contributed by atoms with Gasteiger partial charge < -0.3 is 5.11 Å². The van der Waals surface area contributed by atoms with Crippen LogP contribution in [-0.2, 0) is 0 Å². The van der Waals surface area contributed by atoms with Gasteiger partial charge in [0.2, 0.25) is 0 Å². The first-order valence-corrected chi connectivity index (χ1v) is 6.82. The summed E-state index contributed by atoms with van der Waals surface area (Å²) in [5, 5.41) is 18.5. The number of hydrogen-bond acceptors (Lipinski definition) is 3. The maximum absolute atomic E-state index is 12.3. The SMILES string of the molecule is Cc1cc(=O)n(-c2cc(Br)ccc2C#N)c(C)c1C(=O)O. The van der Waals surface area contributed by atoms with Crippen LogP contribution in [0.1, 0.15) is 27.2 Å². The van der Waals surface area contributed by atoms with Gasteiger partial charge in [-0.15, -0.1) is 0 Å². The lowest BCUT2D eigenvalue weighted by atomic mass is 10.1. The summed E-state index contributed by atoms with van der Waals surface area (Å²) in [5.74, 6) is -1.10. The standard InChI is InChI=1S/C15H11BrN2O3/c1-8-5-13(19)18(9(2)14(8)15(20)21)12-6-11(16)4-3-10(12)7-17/h3-6H,1-2H3,(H,20,21). The Bertz CT molecular complexity index is 847. The second-order valence-electron chi connectivity index (χ2n) is 4.54. The summed E-state index contributed by atoms with van der Waals surface area (Å²) in [5.41, 5.74) is 1.04. The van der Waals surface area contributed by atoms with Gasteiger partial charge in [0.25, 0.3) is 5.56 Å². The van der Waals surface area contributed by atoms with Crippen molar-refractivity contribution in [3.63, 3.8) is 0 Å². The Hall–Kier alpha value is -2.39. The number of carboxylic acid groups (broad SMARTS) is 1. The van der Waals surface area contributed by atoms with Crippen LogP contribution in [0.2, 0.25) is 0 Å². The highest BCUT2D eigenvalue weighted by molar-refractivity contribution is 9.10. The van der Waals surface area contributed by atoms with Crippen LogP contribution in [0, 0.1) is 25.2 Å². The van der Waals surface area contributed by atoms with Crippen molar-refractivity contribution in [2.45, 2.75) is 13.8 Å². The number of aromatic nitrogens is 1. The minimum absolute atomic E-state index is 0.0680. The number of aryl methyl sites for hydroxylation is 1. The molecular formula is C15H11BrN2O3. The highest BCUT2D eigenvalue weighted by Gasteiger charge is 2.18. The van der Waals surface area contributed by atoms with E-state index < -0.39 is 5.97 Å². The maximum Gasteiger partial charge on any atom is 0.337 e. The molecule has 0 atom stereocenters. The van der Waals surface area contributed by atoms with Crippen LogP contribution in [0.3, 0.4) is 0 Å². The Kier molecular flexibility index (Phi) is 3.96. The smallest absolute Gasteiger partial charge is 0.337 e. The molecule has 0 saturated heterocycles. The minimum atomic E-state index is -1.10. The van der Waals surface area contributed by atoms with E-state index in [2.05, 4.69) is 15.9 Å². The molecule has 2 aromatic rings. The lowest BCUT2D eigenvalue weighted by Crippen LogP contribution is -2.24. The van der Waals surface area contributed by atoms with Gasteiger partial charge in [-0.1, -0.05) is 15.9 Å². The molecule has 1 heterocycles. The van der Waals surface area contributed by atoms with E-state index in [0.717, 1.165) is 0 Å². The van der Waals surface area contributed by atoms with E-state index in [-0.39, 0.29) is 11.1 Å². The zero-order valence-corrected chi connectivity index (χ0v) is 12.9. The number of benzene rings is 1. The van der Waals surface area contributed by atoms with Gasteiger partial charge >= 0.3 is 5.97 Å². The van der Waals surface area contributed by atoms with Crippen LogP contribution < -0.4 is 5.56 Å². The van der Waals surface area contributed by atoms with Crippen molar-refractivity contribution < 1.29 is 9.90 Å². The molecule has 21 heavy (non-hydrogen) atoms. The Morgan fingerprint density at radius 3 is 2.57 bits per heavy atom. The number of aromatic carboxylic acids is 1. The van der Waals surface area contributed by atoms with Gasteiger partial charge in [-0.05, 0) is 37.6 Å². The van der Waals surface area contributed by atoms with Crippen LogP contribution in [-0.4, -0.2) is 15.6 Å². The van der Waals surface area contributed by atoms with E-state index in [1.165, 1.54) is 10.6 Å². The molecule has 106 valence electrons. The molecule has 0 radical (unpaired) electrons. The predicted octanol–water partition coefficient (Wildman–Crippen LogP) is 2.79. The highest BCUT2D eigenvalue weighted by atomic mass is 79.9. The number of carboxylic acids is 1. The summed E-state index contributed by atoms with van der Waals surface area (Å²) in [7, 11) is 0. The third kappa shape index (κ3) is 2.60. The molecule has 0 aliphatic carbocycles. The van der Waals surface area contributed by atoms with E-state index in [1.54, 1.807) is 32.0 Å². The first-order chi connectivity index (χ1) is 9.86. The number of nitriles is 1. The Labute approximate surface area is 129 Å². The fraction of sp³-hybridized carbons (Fsp3) is 0.133. The Balaban J connectivity index is 2.92. The molecule has 0 aliphatic rings. The molecule has 0 bridgehead atoms. The number of halogens is 1. The molecule has 0 spiro atoms. The van der Waals surface area contributed by atoms with Crippen molar-refractivity contribution in [1.82, 2.24) is 4.57 Å². The topological polar surface area (TPSA) is 83.1 Å². The van der Waals surface area contributed by atoms with Gasteiger partial charge in [0.05, 0.1) is 16.8 Å². The van der Waals surface area contributed by atoms with Gasteiger partial charge in [0.1, 0.15) is 6.07 Å². The average molecular weight is 347 g/mol. The summed E-state index contributed by atoms with van der Waals surface area (Å²) < 4.78 is 1.94. The number of nitrogens with zero attached hydrogens (tertiary/aromatic N) is 2. The third-order valence-corrected chi connectivity index (χ3v) is 3.68. The van der Waals surface area contributed by atoms with Crippen molar-refractivity contribution in [1.29, 1.82) is 5.26 Å². The van der Waals surface area contributed by atoms with Crippen molar-refractivity contribution in [3.05, 3.63) is 61.5 Å². The summed E-state index contributed by atoms with van der Waals surface area (Å²) in [6, 6.07) is 8.16. The predicted molar refractivity (Wildman–Crippen MR) is 80.9 cm³/mol. The van der Waals surface area contributed by atoms with Crippen molar-refractivity contribution in [2.24, 2.45) is 0 Å². The minimum Gasteiger partial charge on any atom is -0.478 e. The Morgan fingerprint density at radius 2 is 2.00 bits per heavy atom. The van der Waals surface area contributed by atoms with E-state index in [4.69, 9.17) is 0 Å². The van der Waals surface area contributed by atoms with Crippen LogP contribution in [0.25, 0.3) is 5.69 Å². The first kappa shape index (κ1) is 15.0. The van der Waals surface area contributed by atoms with E-state index in [1.807, 2.05) is 6.07 Å². The quantitative estimate of drug-likeness (QED) is 0.906. The van der Waals surface area contributed by atoms with Crippen LogP contribution in [0.5, 0.6) is 0 Å². The molecule has 0 saturated carbocycles. The summed E-state index contributed by atoms with van der Waals surface area (Å²) >= 11 is 3.29. The molecule has 6 heteroatoms. The largest absolute Gasteiger partial charge is 0.478 e. The molecule has 0 unspecified atom stereocenters. The fourth-order valence-electron chi connectivity index (χ4n) is 2.29. The monoisotopic (exact) mass is 346 g/mol. The molecular weight excluding hydrogens is 336 g/mol. The zero-order chi connectivity index (χ0) is 15.7. The second-order valence-corrected chi connectivity index (χ2v) is 5.46. The van der Waals surface area contributed by atoms with E-state index in [9.17, 15) is 20.0 Å². The average Bonchev–Trinajstić information content (AvgIpc) is 2.37. The molecule has 0 aliphatic heterocycles.